The van der Waals surface area contributed by atoms with Crippen LogP contribution in [0, 0.1) is 12.8 Å². The number of hydrogen-bond donors (Lipinski definition) is 1. The van der Waals surface area contributed by atoms with E-state index in [0.717, 1.165) is 16.8 Å². The molecule has 1 N–H and O–H groups in total. The third kappa shape index (κ3) is 5.39. The van der Waals surface area contributed by atoms with Crippen molar-refractivity contribution in [1.29, 1.82) is 0 Å². The predicted molar refractivity (Wildman–Crippen MR) is 124 cm³/mol. The first-order valence-corrected chi connectivity index (χ1v) is 11.6. The Morgan fingerprint density at radius 1 is 1.03 bits per heavy atom. The third-order valence-corrected chi connectivity index (χ3v) is 6.73. The van der Waals surface area contributed by atoms with Gasteiger partial charge in [0.2, 0.25) is 11.8 Å². The summed E-state index contributed by atoms with van der Waals surface area (Å²) < 4.78 is 0. The fraction of sp³-hybridized carbons (Fsp3) is 0.320. The smallest absolute Gasteiger partial charge is 0.229 e. The van der Waals surface area contributed by atoms with Crippen molar-refractivity contribution in [2.75, 3.05) is 18.4 Å². The summed E-state index contributed by atoms with van der Waals surface area (Å²) in [5, 5.41) is 5.49. The van der Waals surface area contributed by atoms with Gasteiger partial charge in [-0.2, -0.15) is 0 Å². The number of carbonyl (C=O) groups is 2. The molecule has 1 aromatic heterocycles. The van der Waals surface area contributed by atoms with E-state index < -0.39 is 0 Å². The molecule has 0 unspecified atom stereocenters. The molecule has 0 spiro atoms. The molecule has 2 aromatic carbocycles. The fourth-order valence-corrected chi connectivity index (χ4v) is 4.80. The average molecular weight is 434 g/mol. The van der Waals surface area contributed by atoms with E-state index in [2.05, 4.69) is 34.6 Å². The van der Waals surface area contributed by atoms with Gasteiger partial charge in [0.25, 0.3) is 0 Å². The summed E-state index contributed by atoms with van der Waals surface area (Å²) in [6, 6.07) is 20.4. The molecule has 0 saturated carbocycles. The molecule has 0 atom stereocenters. The largest absolute Gasteiger partial charge is 0.343 e. The summed E-state index contributed by atoms with van der Waals surface area (Å²) in [4.78, 5) is 31.9. The maximum atomic E-state index is 13.1. The van der Waals surface area contributed by atoms with Gasteiger partial charge in [-0.3, -0.25) is 9.59 Å². The number of carbonyl (C=O) groups excluding carboxylic acids is 2. The van der Waals surface area contributed by atoms with Crippen LogP contribution in [-0.2, 0) is 9.59 Å². The number of anilines is 1. The lowest BCUT2D eigenvalue weighted by Crippen LogP contribution is -2.41. The van der Waals surface area contributed by atoms with Crippen molar-refractivity contribution >= 4 is 28.3 Å². The SMILES string of the molecule is Cc1csc(NC(=O)C2CCN(C(=O)CC(c3ccccc3)c3ccccc3)CC2)n1. The summed E-state index contributed by atoms with van der Waals surface area (Å²) in [5.74, 6) is 0.108. The number of aryl methyl sites for hydroxylation is 1. The molecule has 1 aliphatic heterocycles. The highest BCUT2D eigenvalue weighted by atomic mass is 32.1. The molecule has 6 heteroatoms. The minimum absolute atomic E-state index is 0.00731. The Balaban J connectivity index is 1.36. The van der Waals surface area contributed by atoms with Crippen LogP contribution in [0.5, 0.6) is 0 Å². The third-order valence-electron chi connectivity index (χ3n) is 5.85. The molecule has 31 heavy (non-hydrogen) atoms. The van der Waals surface area contributed by atoms with Crippen LogP contribution < -0.4 is 5.32 Å². The van der Waals surface area contributed by atoms with Crippen LogP contribution >= 0.6 is 11.3 Å². The number of aromatic nitrogens is 1. The maximum absolute atomic E-state index is 13.1. The van der Waals surface area contributed by atoms with Crippen molar-refractivity contribution in [3.05, 3.63) is 82.9 Å². The Morgan fingerprint density at radius 3 is 2.13 bits per heavy atom. The van der Waals surface area contributed by atoms with E-state index in [1.165, 1.54) is 11.3 Å². The topological polar surface area (TPSA) is 62.3 Å². The Hall–Kier alpha value is -2.99. The Labute approximate surface area is 187 Å². The fourth-order valence-electron chi connectivity index (χ4n) is 4.11. The number of rotatable bonds is 6. The molecular weight excluding hydrogens is 406 g/mol. The predicted octanol–water partition coefficient (Wildman–Crippen LogP) is 4.85. The second-order valence-electron chi connectivity index (χ2n) is 8.02. The van der Waals surface area contributed by atoms with Crippen LogP contribution in [0.1, 0.15) is 42.0 Å². The number of nitrogens with one attached hydrogen (secondary N) is 1. The maximum Gasteiger partial charge on any atom is 0.229 e. The molecule has 3 aromatic rings. The highest BCUT2D eigenvalue weighted by molar-refractivity contribution is 7.13. The zero-order valence-corrected chi connectivity index (χ0v) is 18.5. The lowest BCUT2D eigenvalue weighted by Gasteiger charge is -2.32. The van der Waals surface area contributed by atoms with Crippen LogP contribution in [0.4, 0.5) is 5.13 Å². The number of thiazole rings is 1. The second-order valence-corrected chi connectivity index (χ2v) is 8.87. The van der Waals surface area contributed by atoms with Crippen molar-refractivity contribution in [1.82, 2.24) is 9.88 Å². The van der Waals surface area contributed by atoms with Crippen molar-refractivity contribution in [3.8, 4) is 0 Å². The zero-order chi connectivity index (χ0) is 21.6. The summed E-state index contributed by atoms with van der Waals surface area (Å²) in [5.41, 5.74) is 3.21. The van der Waals surface area contributed by atoms with E-state index in [1.807, 2.05) is 53.6 Å². The van der Waals surface area contributed by atoms with E-state index >= 15 is 0 Å². The molecule has 0 aliphatic carbocycles. The first-order valence-electron chi connectivity index (χ1n) is 10.7. The highest BCUT2D eigenvalue weighted by Gasteiger charge is 2.29. The van der Waals surface area contributed by atoms with E-state index in [0.29, 0.717) is 37.5 Å². The number of amides is 2. The van der Waals surface area contributed by atoms with Crippen LogP contribution in [0.3, 0.4) is 0 Å². The first kappa shape index (κ1) is 21.2. The zero-order valence-electron chi connectivity index (χ0n) is 17.7. The molecule has 0 bridgehead atoms. The molecule has 160 valence electrons. The number of nitrogens with zero attached hydrogens (tertiary/aromatic N) is 2. The van der Waals surface area contributed by atoms with Gasteiger partial charge < -0.3 is 10.2 Å². The lowest BCUT2D eigenvalue weighted by atomic mass is 9.87. The van der Waals surface area contributed by atoms with Crippen LogP contribution in [-0.4, -0.2) is 34.8 Å². The Morgan fingerprint density at radius 2 is 1.61 bits per heavy atom. The van der Waals surface area contributed by atoms with Crippen LogP contribution in [0.2, 0.25) is 0 Å². The summed E-state index contributed by atoms with van der Waals surface area (Å²) in [7, 11) is 0. The van der Waals surface area contributed by atoms with Crippen molar-refractivity contribution in [3.63, 3.8) is 0 Å². The van der Waals surface area contributed by atoms with Gasteiger partial charge >= 0.3 is 0 Å². The number of hydrogen-bond acceptors (Lipinski definition) is 4. The Bertz CT molecular complexity index is 972. The summed E-state index contributed by atoms with van der Waals surface area (Å²) in [6.07, 6.45) is 1.80. The minimum Gasteiger partial charge on any atom is -0.343 e. The molecule has 2 heterocycles. The molecular formula is C25H27N3O2S. The van der Waals surface area contributed by atoms with Gasteiger partial charge in [0.15, 0.2) is 5.13 Å². The molecule has 1 saturated heterocycles. The molecule has 5 nitrogen and oxygen atoms in total. The van der Waals surface area contributed by atoms with Gasteiger partial charge in [0.05, 0.1) is 5.69 Å². The van der Waals surface area contributed by atoms with Gasteiger partial charge in [0, 0.05) is 36.7 Å². The van der Waals surface area contributed by atoms with Crippen molar-refractivity contribution in [2.45, 2.75) is 32.1 Å². The Kier molecular flexibility index (Phi) is 6.77. The van der Waals surface area contributed by atoms with E-state index in [4.69, 9.17) is 0 Å². The standard InChI is InChI=1S/C25H27N3O2S/c1-18-17-31-25(26-18)27-24(30)21-12-14-28(15-13-21)23(29)16-22(19-8-4-2-5-9-19)20-10-6-3-7-11-20/h2-11,17,21-22H,12-16H2,1H3,(H,26,27,30). The summed E-state index contributed by atoms with van der Waals surface area (Å²) >= 11 is 1.44. The van der Waals surface area contributed by atoms with E-state index in [9.17, 15) is 9.59 Å². The van der Waals surface area contributed by atoms with Gasteiger partial charge in [-0.25, -0.2) is 4.98 Å². The molecule has 2 amide bonds. The van der Waals surface area contributed by atoms with E-state index in [-0.39, 0.29) is 23.7 Å². The van der Waals surface area contributed by atoms with Gasteiger partial charge in [0.1, 0.15) is 0 Å². The highest BCUT2D eigenvalue weighted by Crippen LogP contribution is 2.30. The van der Waals surface area contributed by atoms with Crippen LogP contribution in [0.25, 0.3) is 0 Å². The van der Waals surface area contributed by atoms with Gasteiger partial charge in [-0.05, 0) is 30.9 Å². The number of piperidine rings is 1. The van der Waals surface area contributed by atoms with Gasteiger partial charge in [-0.15, -0.1) is 11.3 Å². The minimum atomic E-state index is -0.0766. The van der Waals surface area contributed by atoms with E-state index in [1.54, 1.807) is 0 Å². The normalized spacial score (nSPS) is 14.6. The molecule has 1 fully saturated rings. The molecule has 1 aliphatic rings. The number of benzene rings is 2. The molecule has 0 radical (unpaired) electrons. The second kappa shape index (κ2) is 9.88. The first-order chi connectivity index (χ1) is 15.1. The average Bonchev–Trinajstić information content (AvgIpc) is 3.23. The quantitative estimate of drug-likeness (QED) is 0.604. The van der Waals surface area contributed by atoms with Crippen LogP contribution in [0.15, 0.2) is 66.0 Å². The van der Waals surface area contributed by atoms with Crippen molar-refractivity contribution in [2.24, 2.45) is 5.92 Å². The lowest BCUT2D eigenvalue weighted by molar-refractivity contribution is -0.134. The molecule has 4 rings (SSSR count). The monoisotopic (exact) mass is 433 g/mol. The van der Waals surface area contributed by atoms with Crippen molar-refractivity contribution < 1.29 is 9.59 Å². The number of likely N-dealkylation sites (tertiary alicyclic amines) is 1. The van der Waals surface area contributed by atoms with Gasteiger partial charge in [-0.1, -0.05) is 60.7 Å². The summed E-state index contributed by atoms with van der Waals surface area (Å²) in [6.45, 7) is 3.14.